The maximum absolute atomic E-state index is 12.9. The fourth-order valence-corrected chi connectivity index (χ4v) is 3.40. The Morgan fingerprint density at radius 3 is 2.81 bits per heavy atom. The van der Waals surface area contributed by atoms with Gasteiger partial charge in [-0.05, 0) is 56.0 Å². The molecule has 0 saturated carbocycles. The van der Waals surface area contributed by atoms with Crippen LogP contribution in [0.2, 0.25) is 0 Å². The van der Waals surface area contributed by atoms with E-state index in [1.54, 1.807) is 12.1 Å². The number of aryl methyl sites for hydroxylation is 1. The molecule has 138 valence electrons. The van der Waals surface area contributed by atoms with E-state index in [1.165, 1.54) is 0 Å². The molecule has 1 heterocycles. The lowest BCUT2D eigenvalue weighted by atomic mass is 10.2. The average Bonchev–Trinajstić information content (AvgIpc) is 3.30. The first-order valence-electron chi connectivity index (χ1n) is 9.46. The number of nitrogens with one attached hydrogen (secondary N) is 1. The van der Waals surface area contributed by atoms with Crippen LogP contribution in [0.1, 0.15) is 41.4 Å². The number of anilines is 1. The second kappa shape index (κ2) is 7.66. The third-order valence-corrected chi connectivity index (χ3v) is 4.71. The van der Waals surface area contributed by atoms with Gasteiger partial charge in [-0.2, -0.15) is 5.10 Å². The van der Waals surface area contributed by atoms with Crippen molar-refractivity contribution in [1.29, 1.82) is 0 Å². The zero-order chi connectivity index (χ0) is 18.6. The molecule has 3 aromatic rings. The van der Waals surface area contributed by atoms with Crippen LogP contribution in [0.15, 0.2) is 54.6 Å². The molecule has 1 aliphatic rings. The highest BCUT2D eigenvalue weighted by Crippen LogP contribution is 2.31. The first kappa shape index (κ1) is 17.3. The summed E-state index contributed by atoms with van der Waals surface area (Å²) in [6.45, 7) is 2.70. The first-order chi connectivity index (χ1) is 13.3. The SMILES string of the molecule is CCCOc1cccc(C(=O)Nc2c3c(nn2-c2ccccc2)CCC3)c1. The number of benzene rings is 2. The third kappa shape index (κ3) is 3.58. The first-order valence-corrected chi connectivity index (χ1v) is 9.46. The summed E-state index contributed by atoms with van der Waals surface area (Å²) in [5, 5.41) is 7.84. The molecule has 1 amide bonds. The van der Waals surface area contributed by atoms with Gasteiger partial charge in [0, 0.05) is 11.1 Å². The molecule has 0 spiro atoms. The van der Waals surface area contributed by atoms with Crippen LogP contribution in [-0.4, -0.2) is 22.3 Å². The number of aromatic nitrogens is 2. The summed E-state index contributed by atoms with van der Waals surface area (Å²) in [6.07, 6.45) is 3.91. The van der Waals surface area contributed by atoms with Crippen LogP contribution in [0.5, 0.6) is 5.75 Å². The molecule has 1 aliphatic carbocycles. The van der Waals surface area contributed by atoms with Gasteiger partial charge in [-0.25, -0.2) is 4.68 Å². The minimum atomic E-state index is -0.149. The van der Waals surface area contributed by atoms with E-state index in [2.05, 4.69) is 12.2 Å². The monoisotopic (exact) mass is 361 g/mol. The summed E-state index contributed by atoms with van der Waals surface area (Å²) in [5.41, 5.74) is 3.75. The molecule has 1 N–H and O–H groups in total. The normalized spacial score (nSPS) is 12.6. The summed E-state index contributed by atoms with van der Waals surface area (Å²) >= 11 is 0. The number of carbonyl (C=O) groups is 1. The van der Waals surface area contributed by atoms with E-state index in [0.29, 0.717) is 17.9 Å². The lowest BCUT2D eigenvalue weighted by Gasteiger charge is -2.12. The number of hydrogen-bond donors (Lipinski definition) is 1. The van der Waals surface area contributed by atoms with Gasteiger partial charge in [0.15, 0.2) is 0 Å². The van der Waals surface area contributed by atoms with Crippen LogP contribution in [0, 0.1) is 0 Å². The second-order valence-corrected chi connectivity index (χ2v) is 6.71. The average molecular weight is 361 g/mol. The van der Waals surface area contributed by atoms with Crippen LogP contribution in [0.3, 0.4) is 0 Å². The topological polar surface area (TPSA) is 56.1 Å². The molecule has 0 atom stereocenters. The molecule has 0 fully saturated rings. The number of carbonyl (C=O) groups excluding carboxylic acids is 1. The molecule has 4 rings (SSSR count). The minimum Gasteiger partial charge on any atom is -0.494 e. The highest BCUT2D eigenvalue weighted by atomic mass is 16.5. The van der Waals surface area contributed by atoms with E-state index in [0.717, 1.165) is 48.4 Å². The fourth-order valence-electron chi connectivity index (χ4n) is 3.40. The Morgan fingerprint density at radius 2 is 2.00 bits per heavy atom. The quantitative estimate of drug-likeness (QED) is 0.708. The van der Waals surface area contributed by atoms with Crippen molar-refractivity contribution >= 4 is 11.7 Å². The van der Waals surface area contributed by atoms with Crippen molar-refractivity contribution in [3.8, 4) is 11.4 Å². The lowest BCUT2D eigenvalue weighted by Crippen LogP contribution is -2.16. The number of fused-ring (bicyclic) bond motifs is 1. The predicted molar refractivity (Wildman–Crippen MR) is 106 cm³/mol. The number of amides is 1. The largest absolute Gasteiger partial charge is 0.494 e. The van der Waals surface area contributed by atoms with Crippen molar-refractivity contribution in [3.63, 3.8) is 0 Å². The zero-order valence-corrected chi connectivity index (χ0v) is 15.4. The standard InChI is InChI=1S/C22H23N3O2/c1-2-14-27-18-11-6-8-16(15-18)22(26)23-21-19-12-7-13-20(19)24-25(21)17-9-4-3-5-10-17/h3-6,8-11,15H,2,7,12-14H2,1H3,(H,23,26). The Labute approximate surface area is 159 Å². The van der Waals surface area contributed by atoms with E-state index in [9.17, 15) is 4.79 Å². The molecule has 5 heteroatoms. The van der Waals surface area contributed by atoms with Crippen molar-refractivity contribution in [2.24, 2.45) is 0 Å². The molecule has 0 saturated heterocycles. The minimum absolute atomic E-state index is 0.149. The van der Waals surface area contributed by atoms with E-state index in [-0.39, 0.29) is 5.91 Å². The molecule has 0 unspecified atom stereocenters. The van der Waals surface area contributed by atoms with Crippen LogP contribution in [0.25, 0.3) is 5.69 Å². The van der Waals surface area contributed by atoms with E-state index < -0.39 is 0 Å². The smallest absolute Gasteiger partial charge is 0.256 e. The fraction of sp³-hybridized carbons (Fsp3) is 0.273. The van der Waals surface area contributed by atoms with Gasteiger partial charge in [-0.15, -0.1) is 0 Å². The van der Waals surface area contributed by atoms with Crippen LogP contribution in [0.4, 0.5) is 5.82 Å². The summed E-state index contributed by atoms with van der Waals surface area (Å²) < 4.78 is 7.50. The number of hydrogen-bond acceptors (Lipinski definition) is 3. The number of rotatable bonds is 6. The molecule has 5 nitrogen and oxygen atoms in total. The second-order valence-electron chi connectivity index (χ2n) is 6.71. The number of nitrogens with zero attached hydrogens (tertiary/aromatic N) is 2. The highest BCUT2D eigenvalue weighted by molar-refractivity contribution is 6.04. The zero-order valence-electron chi connectivity index (χ0n) is 15.4. The van der Waals surface area contributed by atoms with Gasteiger partial charge in [0.05, 0.1) is 18.0 Å². The van der Waals surface area contributed by atoms with Crippen LogP contribution < -0.4 is 10.1 Å². The van der Waals surface area contributed by atoms with Crippen molar-refractivity contribution in [2.45, 2.75) is 32.6 Å². The summed E-state index contributed by atoms with van der Waals surface area (Å²) in [5.74, 6) is 1.34. The van der Waals surface area contributed by atoms with Gasteiger partial charge in [-0.1, -0.05) is 31.2 Å². The highest BCUT2D eigenvalue weighted by Gasteiger charge is 2.24. The van der Waals surface area contributed by atoms with Crippen molar-refractivity contribution in [3.05, 3.63) is 71.4 Å². The van der Waals surface area contributed by atoms with Gasteiger partial charge < -0.3 is 10.1 Å². The molecule has 0 aliphatic heterocycles. The van der Waals surface area contributed by atoms with Crippen molar-refractivity contribution in [1.82, 2.24) is 9.78 Å². The Kier molecular flexibility index (Phi) is 4.92. The Morgan fingerprint density at radius 1 is 1.15 bits per heavy atom. The molecular formula is C22H23N3O2. The van der Waals surface area contributed by atoms with E-state index in [4.69, 9.17) is 9.84 Å². The predicted octanol–water partition coefficient (Wildman–Crippen LogP) is 4.40. The number of para-hydroxylation sites is 1. The maximum atomic E-state index is 12.9. The molecular weight excluding hydrogens is 338 g/mol. The molecule has 1 aromatic heterocycles. The molecule has 27 heavy (non-hydrogen) atoms. The van der Waals surface area contributed by atoms with Crippen LogP contribution in [-0.2, 0) is 12.8 Å². The Balaban J connectivity index is 1.64. The van der Waals surface area contributed by atoms with Crippen LogP contribution >= 0.6 is 0 Å². The molecule has 0 radical (unpaired) electrons. The van der Waals surface area contributed by atoms with Gasteiger partial charge in [-0.3, -0.25) is 4.79 Å². The summed E-state index contributed by atoms with van der Waals surface area (Å²) in [4.78, 5) is 12.9. The van der Waals surface area contributed by atoms with Crippen molar-refractivity contribution < 1.29 is 9.53 Å². The molecule has 2 aromatic carbocycles. The van der Waals surface area contributed by atoms with Gasteiger partial charge in [0.25, 0.3) is 5.91 Å². The van der Waals surface area contributed by atoms with E-state index in [1.807, 2.05) is 47.1 Å². The van der Waals surface area contributed by atoms with Gasteiger partial charge in [0.1, 0.15) is 11.6 Å². The Hall–Kier alpha value is -3.08. The third-order valence-electron chi connectivity index (χ3n) is 4.71. The Bertz CT molecular complexity index is 947. The van der Waals surface area contributed by atoms with Gasteiger partial charge >= 0.3 is 0 Å². The van der Waals surface area contributed by atoms with E-state index >= 15 is 0 Å². The van der Waals surface area contributed by atoms with Gasteiger partial charge in [0.2, 0.25) is 0 Å². The molecule has 0 bridgehead atoms. The summed E-state index contributed by atoms with van der Waals surface area (Å²) in [7, 11) is 0. The van der Waals surface area contributed by atoms with Crippen molar-refractivity contribution in [2.75, 3.05) is 11.9 Å². The summed E-state index contributed by atoms with van der Waals surface area (Å²) in [6, 6.07) is 17.2. The maximum Gasteiger partial charge on any atom is 0.256 e. The lowest BCUT2D eigenvalue weighted by molar-refractivity contribution is 0.102. The number of ether oxygens (including phenoxy) is 1.